The lowest BCUT2D eigenvalue weighted by molar-refractivity contribution is -0.130. The average Bonchev–Trinajstić information content (AvgIpc) is 2.86. The highest BCUT2D eigenvalue weighted by atomic mass is 16.6. The molecule has 6 rings (SSSR count). The number of rotatable bonds is 3. The van der Waals surface area contributed by atoms with Crippen LogP contribution in [0.1, 0.15) is 5.56 Å². The van der Waals surface area contributed by atoms with Crippen molar-refractivity contribution in [2.24, 2.45) is 5.10 Å². The van der Waals surface area contributed by atoms with Crippen LogP contribution in [-0.4, -0.2) is 24.8 Å². The molecule has 1 aliphatic rings. The molecule has 0 saturated heterocycles. The van der Waals surface area contributed by atoms with Gasteiger partial charge in [-0.2, -0.15) is 5.10 Å². The van der Waals surface area contributed by atoms with Gasteiger partial charge in [0, 0.05) is 5.56 Å². The lowest BCUT2D eigenvalue weighted by Gasteiger charge is -2.25. The van der Waals surface area contributed by atoms with E-state index in [1.807, 2.05) is 60.7 Å². The van der Waals surface area contributed by atoms with E-state index in [2.05, 4.69) is 40.9 Å². The first-order chi connectivity index (χ1) is 16.3. The van der Waals surface area contributed by atoms with Crippen LogP contribution in [0.15, 0.2) is 96.1 Å². The molecule has 1 amide bonds. The van der Waals surface area contributed by atoms with Crippen LogP contribution < -0.4 is 14.9 Å². The third kappa shape index (κ3) is 3.53. The number of ether oxygens (including phenoxy) is 2. The van der Waals surface area contributed by atoms with Crippen LogP contribution in [0.25, 0.3) is 32.3 Å². The first-order valence-corrected chi connectivity index (χ1v) is 10.8. The van der Waals surface area contributed by atoms with Gasteiger partial charge in [0.25, 0.3) is 5.91 Å². The van der Waals surface area contributed by atoms with E-state index < -0.39 is 6.10 Å². The van der Waals surface area contributed by atoms with Crippen molar-refractivity contribution < 1.29 is 14.3 Å². The van der Waals surface area contributed by atoms with Gasteiger partial charge < -0.3 is 9.47 Å². The smallest absolute Gasteiger partial charge is 0.284 e. The summed E-state index contributed by atoms with van der Waals surface area (Å²) in [7, 11) is 0. The molecule has 5 aromatic carbocycles. The monoisotopic (exact) mass is 432 g/mol. The van der Waals surface area contributed by atoms with Crippen molar-refractivity contribution in [2.75, 3.05) is 6.61 Å². The van der Waals surface area contributed by atoms with E-state index in [1.165, 1.54) is 0 Å². The quantitative estimate of drug-likeness (QED) is 0.235. The van der Waals surface area contributed by atoms with Crippen molar-refractivity contribution in [2.45, 2.75) is 6.10 Å². The summed E-state index contributed by atoms with van der Waals surface area (Å²) >= 11 is 0. The van der Waals surface area contributed by atoms with Gasteiger partial charge in [-0.3, -0.25) is 4.79 Å². The van der Waals surface area contributed by atoms with Crippen LogP contribution >= 0.6 is 0 Å². The number of hydrogen-bond donors (Lipinski definition) is 1. The molecule has 0 bridgehead atoms. The highest BCUT2D eigenvalue weighted by molar-refractivity contribution is 6.13. The Bertz CT molecular complexity index is 1500. The Morgan fingerprint density at radius 1 is 0.788 bits per heavy atom. The molecule has 5 nitrogen and oxygen atoms in total. The topological polar surface area (TPSA) is 59.9 Å². The molecular formula is C28H20N2O3. The second kappa shape index (κ2) is 7.95. The van der Waals surface area contributed by atoms with Crippen molar-refractivity contribution in [3.8, 4) is 11.5 Å². The third-order valence-electron chi connectivity index (χ3n) is 5.95. The zero-order valence-electron chi connectivity index (χ0n) is 17.7. The summed E-state index contributed by atoms with van der Waals surface area (Å²) in [6.07, 6.45) is 0.924. The van der Waals surface area contributed by atoms with Gasteiger partial charge >= 0.3 is 0 Å². The van der Waals surface area contributed by atoms with E-state index in [1.54, 1.807) is 6.21 Å². The van der Waals surface area contributed by atoms with E-state index in [4.69, 9.17) is 9.47 Å². The molecule has 160 valence electrons. The van der Waals surface area contributed by atoms with Crippen molar-refractivity contribution >= 4 is 44.4 Å². The summed E-state index contributed by atoms with van der Waals surface area (Å²) in [6.45, 7) is 0.129. The highest BCUT2D eigenvalue weighted by Gasteiger charge is 2.27. The first kappa shape index (κ1) is 19.3. The molecule has 1 N–H and O–H groups in total. The second-order valence-electron chi connectivity index (χ2n) is 8.03. The van der Waals surface area contributed by atoms with Gasteiger partial charge in [0.15, 0.2) is 11.5 Å². The molecule has 1 heterocycles. The number of hydrazone groups is 1. The molecule has 0 aliphatic carbocycles. The summed E-state index contributed by atoms with van der Waals surface area (Å²) in [5, 5.41) is 10.8. The summed E-state index contributed by atoms with van der Waals surface area (Å²) in [4.78, 5) is 12.8. The van der Waals surface area contributed by atoms with Crippen molar-refractivity contribution in [3.05, 3.63) is 96.6 Å². The minimum Gasteiger partial charge on any atom is -0.485 e. The molecule has 33 heavy (non-hydrogen) atoms. The molecule has 0 fully saturated rings. The maximum atomic E-state index is 12.8. The normalized spacial score (nSPS) is 15.3. The van der Waals surface area contributed by atoms with Crippen LogP contribution in [0, 0.1) is 0 Å². The van der Waals surface area contributed by atoms with E-state index in [-0.39, 0.29) is 12.5 Å². The molecule has 1 atom stereocenters. The predicted octanol–water partition coefficient (Wildman–Crippen LogP) is 5.44. The molecule has 0 spiro atoms. The second-order valence-corrected chi connectivity index (χ2v) is 8.03. The third-order valence-corrected chi connectivity index (χ3v) is 5.95. The van der Waals surface area contributed by atoms with Crippen molar-refractivity contribution in [3.63, 3.8) is 0 Å². The SMILES string of the molecule is O=C(NN=Cc1c2ccccc2cc2ccccc12)C1COc2cc3ccccc3cc2O1. The fourth-order valence-corrected chi connectivity index (χ4v) is 4.31. The lowest BCUT2D eigenvalue weighted by atomic mass is 9.97. The first-order valence-electron chi connectivity index (χ1n) is 10.8. The van der Waals surface area contributed by atoms with Gasteiger partial charge in [0.05, 0.1) is 6.21 Å². The van der Waals surface area contributed by atoms with Gasteiger partial charge in [0.1, 0.15) is 6.61 Å². The Balaban J connectivity index is 1.25. The van der Waals surface area contributed by atoms with Gasteiger partial charge in [-0.25, -0.2) is 5.43 Å². The van der Waals surface area contributed by atoms with Crippen LogP contribution in [0.5, 0.6) is 11.5 Å². The lowest BCUT2D eigenvalue weighted by Crippen LogP contribution is -2.42. The summed E-state index contributed by atoms with van der Waals surface area (Å²) in [6, 6.07) is 30.3. The molecule has 1 unspecified atom stereocenters. The summed E-state index contributed by atoms with van der Waals surface area (Å²) < 4.78 is 11.7. The van der Waals surface area contributed by atoms with E-state index >= 15 is 0 Å². The number of carbonyl (C=O) groups excluding carboxylic acids is 1. The van der Waals surface area contributed by atoms with Gasteiger partial charge in [-0.05, 0) is 50.5 Å². The molecule has 5 aromatic rings. The Hall–Kier alpha value is -4.38. The van der Waals surface area contributed by atoms with Gasteiger partial charge in [-0.15, -0.1) is 0 Å². The number of amides is 1. The number of nitrogens with one attached hydrogen (secondary N) is 1. The van der Waals surface area contributed by atoms with E-state index in [9.17, 15) is 4.79 Å². The Morgan fingerprint density at radius 3 is 2.03 bits per heavy atom. The van der Waals surface area contributed by atoms with Crippen LogP contribution in [0.3, 0.4) is 0 Å². The molecule has 0 radical (unpaired) electrons. The zero-order chi connectivity index (χ0) is 22.2. The van der Waals surface area contributed by atoms with Crippen LogP contribution in [0.2, 0.25) is 0 Å². The van der Waals surface area contributed by atoms with E-state index in [0.29, 0.717) is 11.5 Å². The fourth-order valence-electron chi connectivity index (χ4n) is 4.31. The number of hydrogen-bond acceptors (Lipinski definition) is 4. The Kier molecular flexibility index (Phi) is 4.65. The molecule has 5 heteroatoms. The Morgan fingerprint density at radius 2 is 1.36 bits per heavy atom. The van der Waals surface area contributed by atoms with Gasteiger partial charge in [-0.1, -0.05) is 72.8 Å². The maximum absolute atomic E-state index is 12.8. The fraction of sp³-hybridized carbons (Fsp3) is 0.0714. The highest BCUT2D eigenvalue weighted by Crippen LogP contribution is 2.36. The minimum atomic E-state index is -0.778. The van der Waals surface area contributed by atoms with E-state index in [0.717, 1.165) is 37.9 Å². The summed E-state index contributed by atoms with van der Waals surface area (Å²) in [5.74, 6) is 0.849. The number of carbonyl (C=O) groups is 1. The molecule has 1 aliphatic heterocycles. The zero-order valence-corrected chi connectivity index (χ0v) is 17.7. The number of benzene rings is 5. The average molecular weight is 432 g/mol. The molecular weight excluding hydrogens is 412 g/mol. The Labute approximate surface area is 190 Å². The van der Waals surface area contributed by atoms with Crippen LogP contribution in [0.4, 0.5) is 0 Å². The number of fused-ring (bicyclic) bond motifs is 4. The van der Waals surface area contributed by atoms with Crippen molar-refractivity contribution in [1.29, 1.82) is 0 Å². The molecule has 0 saturated carbocycles. The largest absolute Gasteiger partial charge is 0.485 e. The van der Waals surface area contributed by atoms with Gasteiger partial charge in [0.2, 0.25) is 6.10 Å². The number of nitrogens with zero attached hydrogens (tertiary/aromatic N) is 1. The molecule has 0 aromatic heterocycles. The minimum absolute atomic E-state index is 0.129. The van der Waals surface area contributed by atoms with Crippen LogP contribution in [-0.2, 0) is 4.79 Å². The van der Waals surface area contributed by atoms with Crippen molar-refractivity contribution in [1.82, 2.24) is 5.43 Å². The summed E-state index contributed by atoms with van der Waals surface area (Å²) in [5.41, 5.74) is 3.58. The maximum Gasteiger partial charge on any atom is 0.284 e. The predicted molar refractivity (Wildman–Crippen MR) is 131 cm³/mol. The standard InChI is InChI=1S/C28H20N2O3/c31-28(27-17-32-25-14-18-7-1-2-8-19(18)15-26(25)33-27)30-29-16-24-22-11-5-3-9-20(22)13-21-10-4-6-12-23(21)24/h1-16,27H,17H2,(H,30,31).